The number of halogens is 4. The smallest absolute Gasteiger partial charge is 0.256 e. The van der Waals surface area contributed by atoms with Crippen LogP contribution >= 0.6 is 0 Å². The fourth-order valence-electron chi connectivity index (χ4n) is 4.37. The predicted octanol–water partition coefficient (Wildman–Crippen LogP) is 4.98. The molecule has 1 aliphatic heterocycles. The number of carbonyl (C=O) groups excluding carboxylic acids is 1. The lowest BCUT2D eigenvalue weighted by Gasteiger charge is -2.32. The summed E-state index contributed by atoms with van der Waals surface area (Å²) in [5.74, 6) is -2.54. The maximum absolute atomic E-state index is 14.0. The molecular weight excluding hydrogens is 492 g/mol. The molecule has 0 aromatic heterocycles. The first-order valence-corrected chi connectivity index (χ1v) is 13.1. The largest absolute Gasteiger partial charge is 0.338 e. The number of benzene rings is 3. The Morgan fingerprint density at radius 3 is 1.92 bits per heavy atom. The van der Waals surface area contributed by atoms with Crippen molar-refractivity contribution in [3.05, 3.63) is 107 Å². The van der Waals surface area contributed by atoms with Crippen LogP contribution in [-0.2, 0) is 10.8 Å². The van der Waals surface area contributed by atoms with Crippen LogP contribution in [0.15, 0.2) is 66.7 Å². The van der Waals surface area contributed by atoms with E-state index in [2.05, 4.69) is 5.32 Å². The van der Waals surface area contributed by atoms with Crippen molar-refractivity contribution in [2.24, 2.45) is 0 Å². The van der Waals surface area contributed by atoms with Crippen molar-refractivity contribution in [1.82, 2.24) is 10.2 Å². The summed E-state index contributed by atoms with van der Waals surface area (Å²) in [7, 11) is -1.37. The summed E-state index contributed by atoms with van der Waals surface area (Å²) in [6.07, 6.45) is 1.28. The van der Waals surface area contributed by atoms with E-state index in [4.69, 9.17) is 0 Å². The first-order chi connectivity index (χ1) is 17.3. The normalized spacial score (nSPS) is 15.3. The van der Waals surface area contributed by atoms with Crippen LogP contribution in [0.4, 0.5) is 17.6 Å². The Morgan fingerprint density at radius 2 is 1.39 bits per heavy atom. The number of piperidine rings is 1. The first kappa shape index (κ1) is 26.0. The van der Waals surface area contributed by atoms with Gasteiger partial charge in [-0.25, -0.2) is 17.6 Å². The molecule has 1 unspecified atom stereocenters. The van der Waals surface area contributed by atoms with Gasteiger partial charge in [-0.1, -0.05) is 24.3 Å². The van der Waals surface area contributed by atoms with Crippen LogP contribution in [0.3, 0.4) is 0 Å². The predicted molar refractivity (Wildman–Crippen MR) is 131 cm³/mol. The van der Waals surface area contributed by atoms with Gasteiger partial charge < -0.3 is 10.2 Å². The third kappa shape index (κ3) is 6.39. The van der Waals surface area contributed by atoms with E-state index in [0.29, 0.717) is 55.4 Å². The van der Waals surface area contributed by atoms with Gasteiger partial charge in [0.05, 0.1) is 10.8 Å². The quantitative estimate of drug-likeness (QED) is 0.428. The molecule has 4 nitrogen and oxygen atoms in total. The van der Waals surface area contributed by atoms with Gasteiger partial charge in [0.25, 0.3) is 5.91 Å². The van der Waals surface area contributed by atoms with Crippen LogP contribution in [0, 0.1) is 23.3 Å². The number of amides is 1. The highest BCUT2D eigenvalue weighted by molar-refractivity contribution is 7.85. The number of nitrogens with zero attached hydrogens (tertiary/aromatic N) is 1. The summed E-state index contributed by atoms with van der Waals surface area (Å²) in [5.41, 5.74) is 1.22. The lowest BCUT2D eigenvalue weighted by atomic mass is 10.0. The zero-order chi connectivity index (χ0) is 25.7. The van der Waals surface area contributed by atoms with Crippen molar-refractivity contribution in [2.75, 3.05) is 25.4 Å². The third-order valence-electron chi connectivity index (χ3n) is 6.29. The van der Waals surface area contributed by atoms with Crippen LogP contribution in [0.25, 0.3) is 0 Å². The maximum Gasteiger partial charge on any atom is 0.256 e. The minimum Gasteiger partial charge on any atom is -0.338 e. The van der Waals surface area contributed by atoms with Crippen molar-refractivity contribution in [1.29, 1.82) is 0 Å². The standard InChI is InChI=1S/C27H26F4N2O2S/c28-20-5-1-18(2-6-20)26(19-3-7-21(29)8-4-19)36(35)16-13-32-23-11-14-33(15-12-23)27(34)24-10-9-22(30)17-25(24)31/h1-10,17,23,26,32H,11-16H2. The molecule has 0 radical (unpaired) electrons. The molecule has 1 saturated heterocycles. The molecule has 3 aromatic rings. The third-order valence-corrected chi connectivity index (χ3v) is 7.96. The SMILES string of the molecule is O=C(c1ccc(F)cc1F)N1CCC(NCCS(=O)C(c2ccc(F)cc2)c2ccc(F)cc2)CC1. The van der Waals surface area contributed by atoms with Crippen LogP contribution in [0.1, 0.15) is 39.6 Å². The van der Waals surface area contributed by atoms with E-state index in [1.165, 1.54) is 24.3 Å². The van der Waals surface area contributed by atoms with Crippen molar-refractivity contribution in [2.45, 2.75) is 24.1 Å². The molecule has 4 rings (SSSR count). The number of hydrogen-bond donors (Lipinski definition) is 1. The van der Waals surface area contributed by atoms with E-state index >= 15 is 0 Å². The van der Waals surface area contributed by atoms with Gasteiger partial charge in [-0.3, -0.25) is 9.00 Å². The molecule has 1 N–H and O–H groups in total. The van der Waals surface area contributed by atoms with Gasteiger partial charge in [-0.15, -0.1) is 0 Å². The van der Waals surface area contributed by atoms with Crippen molar-refractivity contribution in [3.8, 4) is 0 Å². The zero-order valence-electron chi connectivity index (χ0n) is 19.4. The number of rotatable bonds is 8. The molecule has 0 spiro atoms. The Kier molecular flexibility index (Phi) is 8.53. The molecule has 1 aliphatic rings. The molecule has 0 saturated carbocycles. The number of likely N-dealkylation sites (tertiary alicyclic amines) is 1. The van der Waals surface area contributed by atoms with E-state index in [-0.39, 0.29) is 11.6 Å². The van der Waals surface area contributed by atoms with E-state index < -0.39 is 45.2 Å². The maximum atomic E-state index is 14.0. The first-order valence-electron chi connectivity index (χ1n) is 11.7. The van der Waals surface area contributed by atoms with E-state index in [9.17, 15) is 26.6 Å². The highest BCUT2D eigenvalue weighted by Gasteiger charge is 2.26. The summed E-state index contributed by atoms with van der Waals surface area (Å²) in [4.78, 5) is 14.1. The van der Waals surface area contributed by atoms with Crippen molar-refractivity contribution in [3.63, 3.8) is 0 Å². The Balaban J connectivity index is 1.31. The van der Waals surface area contributed by atoms with Crippen LogP contribution < -0.4 is 5.32 Å². The Bertz CT molecular complexity index is 1170. The molecule has 3 aromatic carbocycles. The Hall–Kier alpha value is -3.04. The number of hydrogen-bond acceptors (Lipinski definition) is 3. The van der Waals surface area contributed by atoms with Crippen LogP contribution in [0.2, 0.25) is 0 Å². The topological polar surface area (TPSA) is 49.4 Å². The van der Waals surface area contributed by atoms with Crippen LogP contribution in [0.5, 0.6) is 0 Å². The highest BCUT2D eigenvalue weighted by Crippen LogP contribution is 2.29. The van der Waals surface area contributed by atoms with Gasteiger partial charge in [0.15, 0.2) is 0 Å². The summed E-state index contributed by atoms with van der Waals surface area (Å²) in [6, 6.07) is 14.6. The molecular formula is C27H26F4N2O2S. The van der Waals surface area contributed by atoms with E-state index in [0.717, 1.165) is 12.1 Å². The lowest BCUT2D eigenvalue weighted by Crippen LogP contribution is -2.45. The average Bonchev–Trinajstić information content (AvgIpc) is 2.86. The fourth-order valence-corrected chi connectivity index (χ4v) is 5.85. The van der Waals surface area contributed by atoms with Gasteiger partial charge in [0.2, 0.25) is 0 Å². The van der Waals surface area contributed by atoms with Gasteiger partial charge in [-0.05, 0) is 60.4 Å². The van der Waals surface area contributed by atoms with Crippen LogP contribution in [-0.4, -0.2) is 46.4 Å². The zero-order valence-corrected chi connectivity index (χ0v) is 20.2. The molecule has 190 valence electrons. The molecule has 0 aliphatic carbocycles. The van der Waals surface area contributed by atoms with Gasteiger partial charge in [-0.2, -0.15) is 0 Å². The van der Waals surface area contributed by atoms with Gasteiger partial charge in [0, 0.05) is 48.3 Å². The second-order valence-corrected chi connectivity index (χ2v) is 10.4. The lowest BCUT2D eigenvalue weighted by molar-refractivity contribution is 0.0701. The summed E-state index contributed by atoms with van der Waals surface area (Å²) < 4.78 is 67.2. The van der Waals surface area contributed by atoms with Gasteiger partial charge >= 0.3 is 0 Å². The molecule has 0 bridgehead atoms. The highest BCUT2D eigenvalue weighted by atomic mass is 32.2. The molecule has 1 heterocycles. The van der Waals surface area contributed by atoms with Crippen molar-refractivity contribution >= 4 is 16.7 Å². The summed E-state index contributed by atoms with van der Waals surface area (Å²) in [6.45, 7) is 1.30. The minimum absolute atomic E-state index is 0.0965. The second kappa shape index (κ2) is 11.8. The van der Waals surface area contributed by atoms with E-state index in [1.807, 2.05) is 0 Å². The Labute approximate surface area is 209 Å². The summed E-state index contributed by atoms with van der Waals surface area (Å²) >= 11 is 0. The van der Waals surface area contributed by atoms with E-state index in [1.54, 1.807) is 29.2 Å². The minimum atomic E-state index is -1.37. The molecule has 36 heavy (non-hydrogen) atoms. The molecule has 1 atom stereocenters. The molecule has 9 heteroatoms. The molecule has 1 amide bonds. The van der Waals surface area contributed by atoms with Crippen molar-refractivity contribution < 1.29 is 26.6 Å². The fraction of sp³-hybridized carbons (Fsp3) is 0.296. The summed E-state index contributed by atoms with van der Waals surface area (Å²) in [5, 5.41) is 2.84. The Morgan fingerprint density at radius 1 is 0.861 bits per heavy atom. The number of carbonyl (C=O) groups is 1. The van der Waals surface area contributed by atoms with Gasteiger partial charge in [0.1, 0.15) is 23.3 Å². The second-order valence-electron chi connectivity index (χ2n) is 8.71. The molecule has 1 fully saturated rings. The number of nitrogens with one attached hydrogen (secondary N) is 1. The average molecular weight is 519 g/mol. The monoisotopic (exact) mass is 518 g/mol.